The van der Waals surface area contributed by atoms with E-state index in [1.807, 2.05) is 0 Å². The van der Waals surface area contributed by atoms with Gasteiger partial charge >= 0.3 is 0 Å². The van der Waals surface area contributed by atoms with E-state index >= 15 is 0 Å². The third-order valence-electron chi connectivity index (χ3n) is 5.11. The van der Waals surface area contributed by atoms with Gasteiger partial charge in [-0.3, -0.25) is 4.79 Å². The Hall–Kier alpha value is -2.36. The Kier molecular flexibility index (Phi) is 7.11. The van der Waals surface area contributed by atoms with Crippen LogP contribution >= 0.6 is 34.8 Å². The SMILES string of the molecule is O=C(N/N=C\c1ccc(-c2cc(Cl)ccc2Cl)o1)[C@H]1CCCN1S(=O)(=O)c1ccc(Cl)cc1. The Balaban J connectivity index is 1.44. The lowest BCUT2D eigenvalue weighted by molar-refractivity contribution is -0.124. The zero-order valence-electron chi connectivity index (χ0n) is 17.0. The predicted molar refractivity (Wildman–Crippen MR) is 128 cm³/mol. The third kappa shape index (κ3) is 5.26. The molecule has 1 N–H and O–H groups in total. The molecule has 2 aromatic carbocycles. The van der Waals surface area contributed by atoms with E-state index in [4.69, 9.17) is 39.2 Å². The van der Waals surface area contributed by atoms with E-state index in [9.17, 15) is 13.2 Å². The van der Waals surface area contributed by atoms with Crippen LogP contribution in [0, 0.1) is 0 Å². The summed E-state index contributed by atoms with van der Waals surface area (Å²) in [6, 6.07) is 13.4. The van der Waals surface area contributed by atoms with Crippen molar-refractivity contribution < 1.29 is 17.6 Å². The van der Waals surface area contributed by atoms with Crippen LogP contribution in [0.15, 0.2) is 69.0 Å². The summed E-state index contributed by atoms with van der Waals surface area (Å²) in [5, 5.41) is 5.34. The number of hydrogen-bond donors (Lipinski definition) is 1. The van der Waals surface area contributed by atoms with E-state index in [-0.39, 0.29) is 11.4 Å². The molecule has 0 aliphatic carbocycles. The number of nitrogens with zero attached hydrogens (tertiary/aromatic N) is 2. The topological polar surface area (TPSA) is 92.0 Å². The minimum atomic E-state index is -3.84. The van der Waals surface area contributed by atoms with E-state index in [1.54, 1.807) is 30.3 Å². The minimum absolute atomic E-state index is 0.0814. The number of benzene rings is 2. The standard InChI is InChI=1S/C22H18Cl3N3O4S/c23-14-3-7-17(8-4-14)33(30,31)28-11-1-2-20(28)22(29)27-26-13-16-6-10-21(32-16)18-12-15(24)5-9-19(18)25/h3-10,12-13,20H,1-2,11H2,(H,27,29)/b26-13-/t20-/m1/s1. The molecular weight excluding hydrogens is 509 g/mol. The number of carbonyl (C=O) groups is 1. The van der Waals surface area contributed by atoms with Crippen LogP contribution in [-0.4, -0.2) is 37.4 Å². The Bertz CT molecular complexity index is 1310. The Morgan fingerprint density at radius 2 is 1.79 bits per heavy atom. The van der Waals surface area contributed by atoms with Gasteiger partial charge in [-0.2, -0.15) is 9.41 Å². The second-order valence-corrected chi connectivity index (χ2v) is 10.5. The Morgan fingerprint density at radius 3 is 2.55 bits per heavy atom. The number of rotatable bonds is 6. The molecule has 1 aromatic heterocycles. The van der Waals surface area contributed by atoms with Gasteiger partial charge in [0.05, 0.1) is 16.1 Å². The number of sulfonamides is 1. The van der Waals surface area contributed by atoms with E-state index < -0.39 is 22.0 Å². The van der Waals surface area contributed by atoms with Crippen molar-refractivity contribution in [2.75, 3.05) is 6.54 Å². The summed E-state index contributed by atoms with van der Waals surface area (Å²) >= 11 is 18.1. The van der Waals surface area contributed by atoms with Gasteiger partial charge in [0, 0.05) is 22.2 Å². The van der Waals surface area contributed by atoms with Gasteiger partial charge < -0.3 is 4.42 Å². The quantitative estimate of drug-likeness (QED) is 0.352. The zero-order valence-corrected chi connectivity index (χ0v) is 20.1. The van der Waals surface area contributed by atoms with Gasteiger partial charge in [-0.25, -0.2) is 13.8 Å². The third-order valence-corrected chi connectivity index (χ3v) is 7.85. The fourth-order valence-corrected chi connectivity index (χ4v) is 5.68. The molecule has 2 heterocycles. The molecule has 3 aromatic rings. The van der Waals surface area contributed by atoms with Crippen LogP contribution in [0.3, 0.4) is 0 Å². The average Bonchev–Trinajstić information content (AvgIpc) is 3.46. The van der Waals surface area contributed by atoms with Crippen molar-refractivity contribution in [2.45, 2.75) is 23.8 Å². The number of nitrogens with one attached hydrogen (secondary N) is 1. The first kappa shape index (κ1) is 23.8. The number of carbonyl (C=O) groups excluding carboxylic acids is 1. The number of amides is 1. The summed E-state index contributed by atoms with van der Waals surface area (Å²) in [4.78, 5) is 12.8. The number of furan rings is 1. The van der Waals surface area contributed by atoms with Gasteiger partial charge in [0.1, 0.15) is 17.6 Å². The van der Waals surface area contributed by atoms with Gasteiger partial charge in [0.15, 0.2) is 0 Å². The molecule has 1 amide bonds. The van der Waals surface area contributed by atoms with Crippen LogP contribution in [0.1, 0.15) is 18.6 Å². The summed E-state index contributed by atoms with van der Waals surface area (Å²) < 4.78 is 32.8. The van der Waals surface area contributed by atoms with E-state index in [0.29, 0.717) is 45.0 Å². The molecule has 0 unspecified atom stereocenters. The van der Waals surface area contributed by atoms with E-state index in [0.717, 1.165) is 0 Å². The predicted octanol–water partition coefficient (Wildman–Crippen LogP) is 5.21. The van der Waals surface area contributed by atoms with Crippen molar-refractivity contribution in [1.29, 1.82) is 0 Å². The normalized spacial score (nSPS) is 17.0. The fraction of sp³-hybridized carbons (Fsp3) is 0.182. The molecule has 1 fully saturated rings. The molecule has 172 valence electrons. The molecule has 1 atom stereocenters. The van der Waals surface area contributed by atoms with Crippen molar-refractivity contribution in [1.82, 2.24) is 9.73 Å². The molecule has 11 heteroatoms. The minimum Gasteiger partial charge on any atom is -0.455 e. The molecule has 1 saturated heterocycles. The first-order chi connectivity index (χ1) is 15.8. The van der Waals surface area contributed by atoms with Crippen molar-refractivity contribution in [3.05, 3.63) is 75.4 Å². The summed E-state index contributed by atoms with van der Waals surface area (Å²) in [7, 11) is -3.84. The molecule has 33 heavy (non-hydrogen) atoms. The summed E-state index contributed by atoms with van der Waals surface area (Å²) in [6.45, 7) is 0.245. The van der Waals surface area contributed by atoms with Crippen molar-refractivity contribution in [2.24, 2.45) is 5.10 Å². The molecule has 1 aliphatic rings. The van der Waals surface area contributed by atoms with Crippen molar-refractivity contribution in [3.8, 4) is 11.3 Å². The molecule has 0 saturated carbocycles. The summed E-state index contributed by atoms with van der Waals surface area (Å²) in [5.74, 6) is 0.343. The molecule has 0 spiro atoms. The molecular formula is C22H18Cl3N3O4S. The molecule has 1 aliphatic heterocycles. The zero-order chi connectivity index (χ0) is 23.6. The summed E-state index contributed by atoms with van der Waals surface area (Å²) in [6.07, 6.45) is 2.29. The van der Waals surface area contributed by atoms with Crippen molar-refractivity contribution in [3.63, 3.8) is 0 Å². The van der Waals surface area contributed by atoms with Gasteiger partial charge in [0.2, 0.25) is 10.0 Å². The lowest BCUT2D eigenvalue weighted by atomic mass is 10.2. The number of halogens is 3. The number of hydrazone groups is 1. The highest BCUT2D eigenvalue weighted by Gasteiger charge is 2.39. The van der Waals surface area contributed by atoms with Crippen LogP contribution in [0.4, 0.5) is 0 Å². The van der Waals surface area contributed by atoms with Crippen LogP contribution < -0.4 is 5.43 Å². The molecule has 7 nitrogen and oxygen atoms in total. The Morgan fingerprint density at radius 1 is 1.06 bits per heavy atom. The highest BCUT2D eigenvalue weighted by Crippen LogP contribution is 2.31. The summed E-state index contributed by atoms with van der Waals surface area (Å²) in [5.41, 5.74) is 3.03. The first-order valence-corrected chi connectivity index (χ1v) is 12.5. The van der Waals surface area contributed by atoms with Gasteiger partial charge in [-0.15, -0.1) is 0 Å². The molecule has 4 rings (SSSR count). The van der Waals surface area contributed by atoms with Crippen LogP contribution in [0.25, 0.3) is 11.3 Å². The van der Waals surface area contributed by atoms with Crippen LogP contribution in [0.2, 0.25) is 15.1 Å². The van der Waals surface area contributed by atoms with E-state index in [2.05, 4.69) is 10.5 Å². The molecule has 0 radical (unpaired) electrons. The average molecular weight is 527 g/mol. The monoisotopic (exact) mass is 525 g/mol. The highest BCUT2D eigenvalue weighted by atomic mass is 35.5. The lowest BCUT2D eigenvalue weighted by Gasteiger charge is -2.22. The van der Waals surface area contributed by atoms with Gasteiger partial charge in [-0.1, -0.05) is 34.8 Å². The molecule has 0 bridgehead atoms. The lowest BCUT2D eigenvalue weighted by Crippen LogP contribution is -2.44. The van der Waals surface area contributed by atoms with Crippen molar-refractivity contribution >= 4 is 56.9 Å². The maximum absolute atomic E-state index is 13.0. The van der Waals surface area contributed by atoms with E-state index in [1.165, 1.54) is 34.8 Å². The number of hydrogen-bond acceptors (Lipinski definition) is 5. The largest absolute Gasteiger partial charge is 0.455 e. The van der Waals surface area contributed by atoms with Crippen LogP contribution in [-0.2, 0) is 14.8 Å². The van der Waals surface area contributed by atoms with Crippen LogP contribution in [0.5, 0.6) is 0 Å². The first-order valence-electron chi connectivity index (χ1n) is 9.91. The maximum Gasteiger partial charge on any atom is 0.258 e. The Labute approximate surface area is 206 Å². The van der Waals surface area contributed by atoms with Gasteiger partial charge in [0.25, 0.3) is 5.91 Å². The second kappa shape index (κ2) is 9.87. The second-order valence-electron chi connectivity index (χ2n) is 7.29. The smallest absolute Gasteiger partial charge is 0.258 e. The fourth-order valence-electron chi connectivity index (χ4n) is 3.52. The van der Waals surface area contributed by atoms with Gasteiger partial charge in [-0.05, 0) is 67.4 Å². The highest BCUT2D eigenvalue weighted by molar-refractivity contribution is 7.89. The maximum atomic E-state index is 13.0.